The Morgan fingerprint density at radius 3 is 2.81 bits per heavy atom. The Balaban J connectivity index is 2.02. The zero-order chi connectivity index (χ0) is 11.4. The number of hydrogen-bond acceptors (Lipinski definition) is 4. The minimum Gasteiger partial charge on any atom is -0.373 e. The van der Waals surface area contributed by atoms with Crippen LogP contribution in [0.25, 0.3) is 0 Å². The molecule has 0 aliphatic rings. The number of halogens is 1. The minimum absolute atomic E-state index is 0.790. The highest BCUT2D eigenvalue weighted by atomic mass is 79.9. The van der Waals surface area contributed by atoms with Crippen molar-refractivity contribution in [1.29, 1.82) is 0 Å². The van der Waals surface area contributed by atoms with Gasteiger partial charge in [-0.1, -0.05) is 6.07 Å². The molecule has 0 aliphatic heterocycles. The number of nitrogens with zero attached hydrogens (tertiary/aromatic N) is 1. The Labute approximate surface area is 107 Å². The number of pyridine rings is 1. The average molecular weight is 298 g/mol. The molecule has 3 nitrogen and oxygen atoms in total. The standard InChI is InChI=1S/C11H12BrN3S/c1-13-10-3-2-4-11(15-10)14-7-9-8(12)5-6-16-9/h2-6H,7H2,1H3,(H2,13,14,15). The van der Waals surface area contributed by atoms with Crippen LogP contribution in [0.2, 0.25) is 0 Å². The predicted octanol–water partition coefficient (Wildman–Crippen LogP) is 3.56. The second-order valence-electron chi connectivity index (χ2n) is 3.20. The maximum atomic E-state index is 4.39. The smallest absolute Gasteiger partial charge is 0.128 e. The number of thiophene rings is 1. The largest absolute Gasteiger partial charge is 0.373 e. The van der Waals surface area contributed by atoms with Crippen LogP contribution in [-0.2, 0) is 6.54 Å². The monoisotopic (exact) mass is 297 g/mol. The van der Waals surface area contributed by atoms with Gasteiger partial charge in [0.1, 0.15) is 11.6 Å². The molecule has 0 amide bonds. The van der Waals surface area contributed by atoms with Crippen LogP contribution < -0.4 is 10.6 Å². The summed E-state index contributed by atoms with van der Waals surface area (Å²) in [4.78, 5) is 5.66. The molecular weight excluding hydrogens is 286 g/mol. The van der Waals surface area contributed by atoms with Crippen LogP contribution in [-0.4, -0.2) is 12.0 Å². The lowest BCUT2D eigenvalue weighted by Gasteiger charge is -2.06. The number of anilines is 2. The van der Waals surface area contributed by atoms with Gasteiger partial charge in [-0.05, 0) is 39.5 Å². The van der Waals surface area contributed by atoms with Gasteiger partial charge in [0.2, 0.25) is 0 Å². The first-order chi connectivity index (χ1) is 7.79. The second kappa shape index (κ2) is 5.32. The average Bonchev–Trinajstić information content (AvgIpc) is 2.72. The molecular formula is C11H12BrN3S. The molecule has 0 atom stereocenters. The van der Waals surface area contributed by atoms with Crippen molar-refractivity contribution in [2.24, 2.45) is 0 Å². The van der Waals surface area contributed by atoms with Crippen LogP contribution in [0.3, 0.4) is 0 Å². The third kappa shape index (κ3) is 2.74. The Bertz CT molecular complexity index is 470. The predicted molar refractivity (Wildman–Crippen MR) is 73.1 cm³/mol. The van der Waals surface area contributed by atoms with E-state index >= 15 is 0 Å². The van der Waals surface area contributed by atoms with E-state index in [2.05, 4.69) is 43.0 Å². The van der Waals surface area contributed by atoms with Crippen molar-refractivity contribution in [3.63, 3.8) is 0 Å². The van der Waals surface area contributed by atoms with E-state index in [0.717, 1.165) is 22.7 Å². The molecule has 2 aromatic rings. The Morgan fingerprint density at radius 2 is 2.12 bits per heavy atom. The van der Waals surface area contributed by atoms with E-state index in [1.165, 1.54) is 4.88 Å². The van der Waals surface area contributed by atoms with E-state index in [1.807, 2.05) is 25.2 Å². The summed E-state index contributed by atoms with van der Waals surface area (Å²) in [7, 11) is 1.86. The zero-order valence-corrected chi connectivity index (χ0v) is 11.2. The first-order valence-electron chi connectivity index (χ1n) is 4.90. The van der Waals surface area contributed by atoms with Crippen molar-refractivity contribution in [2.75, 3.05) is 17.7 Å². The van der Waals surface area contributed by atoms with Crippen molar-refractivity contribution < 1.29 is 0 Å². The molecule has 2 rings (SSSR count). The van der Waals surface area contributed by atoms with Gasteiger partial charge in [0.15, 0.2) is 0 Å². The molecule has 0 aromatic carbocycles. The molecule has 5 heteroatoms. The molecule has 0 unspecified atom stereocenters. The van der Waals surface area contributed by atoms with Gasteiger partial charge in [0.25, 0.3) is 0 Å². The summed E-state index contributed by atoms with van der Waals surface area (Å²) in [6.07, 6.45) is 0. The fourth-order valence-corrected chi connectivity index (χ4v) is 2.73. The molecule has 0 fully saturated rings. The molecule has 16 heavy (non-hydrogen) atoms. The quantitative estimate of drug-likeness (QED) is 0.906. The van der Waals surface area contributed by atoms with Crippen molar-refractivity contribution in [1.82, 2.24) is 4.98 Å². The van der Waals surface area contributed by atoms with E-state index in [9.17, 15) is 0 Å². The van der Waals surface area contributed by atoms with Crippen LogP contribution in [0.4, 0.5) is 11.6 Å². The van der Waals surface area contributed by atoms with E-state index in [-0.39, 0.29) is 0 Å². The van der Waals surface area contributed by atoms with E-state index < -0.39 is 0 Å². The van der Waals surface area contributed by atoms with Gasteiger partial charge in [-0.2, -0.15) is 0 Å². The Morgan fingerprint density at radius 1 is 1.31 bits per heavy atom. The van der Waals surface area contributed by atoms with Crippen LogP contribution in [0.15, 0.2) is 34.1 Å². The van der Waals surface area contributed by atoms with Gasteiger partial charge in [0, 0.05) is 16.4 Å². The Hall–Kier alpha value is -1.07. The van der Waals surface area contributed by atoms with Gasteiger partial charge in [-0.3, -0.25) is 0 Å². The van der Waals surface area contributed by atoms with Crippen molar-refractivity contribution in [2.45, 2.75) is 6.54 Å². The summed E-state index contributed by atoms with van der Waals surface area (Å²) in [5, 5.41) is 8.37. The SMILES string of the molecule is CNc1cccc(NCc2sccc2Br)n1. The molecule has 0 radical (unpaired) electrons. The number of rotatable bonds is 4. The zero-order valence-electron chi connectivity index (χ0n) is 8.83. The molecule has 0 saturated heterocycles. The van der Waals surface area contributed by atoms with Crippen LogP contribution in [0.1, 0.15) is 4.88 Å². The minimum atomic E-state index is 0.790. The molecule has 0 spiro atoms. The van der Waals surface area contributed by atoms with Gasteiger partial charge >= 0.3 is 0 Å². The fraction of sp³-hybridized carbons (Fsp3) is 0.182. The van der Waals surface area contributed by atoms with Gasteiger partial charge in [-0.15, -0.1) is 11.3 Å². The molecule has 0 bridgehead atoms. The first kappa shape index (κ1) is 11.4. The third-order valence-electron chi connectivity index (χ3n) is 2.13. The van der Waals surface area contributed by atoms with E-state index in [4.69, 9.17) is 0 Å². The molecule has 0 saturated carbocycles. The lowest BCUT2D eigenvalue weighted by atomic mass is 10.4. The maximum absolute atomic E-state index is 4.39. The first-order valence-corrected chi connectivity index (χ1v) is 6.57. The molecule has 2 aromatic heterocycles. The van der Waals surface area contributed by atoms with E-state index in [0.29, 0.717) is 0 Å². The van der Waals surface area contributed by atoms with Crippen molar-refractivity contribution >= 4 is 38.9 Å². The lowest BCUT2D eigenvalue weighted by molar-refractivity contribution is 1.13. The molecule has 2 N–H and O–H groups in total. The van der Waals surface area contributed by atoms with Crippen LogP contribution >= 0.6 is 27.3 Å². The maximum Gasteiger partial charge on any atom is 0.128 e. The van der Waals surface area contributed by atoms with Crippen molar-refractivity contribution in [3.05, 3.63) is 39.0 Å². The van der Waals surface area contributed by atoms with Gasteiger partial charge in [-0.25, -0.2) is 4.98 Å². The van der Waals surface area contributed by atoms with Gasteiger partial charge < -0.3 is 10.6 Å². The summed E-state index contributed by atoms with van der Waals surface area (Å²) >= 11 is 5.23. The van der Waals surface area contributed by atoms with Crippen molar-refractivity contribution in [3.8, 4) is 0 Å². The van der Waals surface area contributed by atoms with Gasteiger partial charge in [0.05, 0.1) is 6.54 Å². The number of hydrogen-bond donors (Lipinski definition) is 2. The summed E-state index contributed by atoms with van der Waals surface area (Å²) < 4.78 is 1.15. The fourth-order valence-electron chi connectivity index (χ4n) is 1.29. The molecule has 0 aliphatic carbocycles. The molecule has 84 valence electrons. The molecule has 2 heterocycles. The third-order valence-corrected chi connectivity index (χ3v) is 4.05. The highest BCUT2D eigenvalue weighted by molar-refractivity contribution is 9.10. The summed E-state index contributed by atoms with van der Waals surface area (Å²) in [5.74, 6) is 1.75. The van der Waals surface area contributed by atoms with Crippen LogP contribution in [0.5, 0.6) is 0 Å². The second-order valence-corrected chi connectivity index (χ2v) is 5.06. The lowest BCUT2D eigenvalue weighted by Crippen LogP contribution is -2.01. The van der Waals surface area contributed by atoms with Crippen LogP contribution in [0, 0.1) is 0 Å². The highest BCUT2D eigenvalue weighted by Crippen LogP contribution is 2.23. The number of aromatic nitrogens is 1. The number of nitrogens with one attached hydrogen (secondary N) is 2. The van der Waals surface area contributed by atoms with E-state index in [1.54, 1.807) is 11.3 Å². The summed E-state index contributed by atoms with van der Waals surface area (Å²) in [6, 6.07) is 7.93. The highest BCUT2D eigenvalue weighted by Gasteiger charge is 2.01. The summed E-state index contributed by atoms with van der Waals surface area (Å²) in [6.45, 7) is 0.790. The normalized spacial score (nSPS) is 10.1. The topological polar surface area (TPSA) is 37.0 Å². The summed E-state index contributed by atoms with van der Waals surface area (Å²) in [5.41, 5.74) is 0. The Kier molecular flexibility index (Phi) is 3.79.